The molecule has 0 bridgehead atoms. The van der Waals surface area contributed by atoms with Gasteiger partial charge in [-0.25, -0.2) is 0 Å². The fourth-order valence-corrected chi connectivity index (χ4v) is 2.15. The number of Topliss-reactive ketones (excluding diaryl/α,β-unsaturated/α-hetero) is 1. The van der Waals surface area contributed by atoms with Crippen LogP contribution in [-0.2, 0) is 11.2 Å². The lowest BCUT2D eigenvalue weighted by molar-refractivity contribution is -0.120. The second kappa shape index (κ2) is 6.98. The molecule has 0 N–H and O–H groups in total. The lowest BCUT2D eigenvalue weighted by atomic mass is 10.1. The van der Waals surface area contributed by atoms with Gasteiger partial charge in [0.15, 0.2) is 5.78 Å². The number of hydrogen-bond acceptors (Lipinski definition) is 2. The lowest BCUT2D eigenvalue weighted by Gasteiger charge is -2.06. The van der Waals surface area contributed by atoms with Crippen LogP contribution in [0.5, 0.6) is 5.75 Å². The third-order valence-electron chi connectivity index (χ3n) is 2.58. The van der Waals surface area contributed by atoms with Crippen molar-refractivity contribution in [1.82, 2.24) is 0 Å². The van der Waals surface area contributed by atoms with Crippen molar-refractivity contribution in [3.63, 3.8) is 0 Å². The summed E-state index contributed by atoms with van der Waals surface area (Å²) in [6, 6.07) is 12.0. The van der Waals surface area contributed by atoms with Gasteiger partial charge >= 0.3 is 0 Å². The molecule has 5 heteroatoms. The number of carbonyl (C=O) groups excluding carboxylic acids is 1. The minimum atomic E-state index is -0.0524. The average molecular weight is 330 g/mol. The van der Waals surface area contributed by atoms with Crippen LogP contribution in [-0.4, -0.2) is 12.4 Å². The molecular weight excluding hydrogens is 319 g/mol. The molecule has 104 valence electrons. The SMILES string of the molecule is O=C(COc1cccc(Cl)c1)Cc1ccc(Cl)c(Cl)c1. The molecule has 2 nitrogen and oxygen atoms in total. The van der Waals surface area contributed by atoms with Crippen molar-refractivity contribution in [2.24, 2.45) is 0 Å². The highest BCUT2D eigenvalue weighted by atomic mass is 35.5. The lowest BCUT2D eigenvalue weighted by Crippen LogP contribution is -2.13. The van der Waals surface area contributed by atoms with E-state index < -0.39 is 0 Å². The van der Waals surface area contributed by atoms with E-state index >= 15 is 0 Å². The van der Waals surface area contributed by atoms with Gasteiger partial charge in [-0.2, -0.15) is 0 Å². The van der Waals surface area contributed by atoms with E-state index in [-0.39, 0.29) is 18.8 Å². The molecule has 0 aliphatic carbocycles. The maximum Gasteiger partial charge on any atom is 0.174 e. The minimum absolute atomic E-state index is 0.0133. The smallest absolute Gasteiger partial charge is 0.174 e. The molecule has 0 atom stereocenters. The van der Waals surface area contributed by atoms with Crippen LogP contribution < -0.4 is 4.74 Å². The van der Waals surface area contributed by atoms with E-state index in [4.69, 9.17) is 39.5 Å². The van der Waals surface area contributed by atoms with Crippen molar-refractivity contribution in [2.75, 3.05) is 6.61 Å². The Morgan fingerprint density at radius 1 is 1.00 bits per heavy atom. The van der Waals surface area contributed by atoms with Crippen LogP contribution in [0.25, 0.3) is 0 Å². The molecule has 0 saturated carbocycles. The molecule has 0 fully saturated rings. The maximum absolute atomic E-state index is 11.8. The number of rotatable bonds is 5. The molecule has 0 heterocycles. The normalized spacial score (nSPS) is 10.3. The van der Waals surface area contributed by atoms with Crippen LogP contribution in [0.4, 0.5) is 0 Å². The number of halogens is 3. The molecule has 0 aliphatic rings. The molecule has 0 amide bonds. The number of benzene rings is 2. The van der Waals surface area contributed by atoms with E-state index in [2.05, 4.69) is 0 Å². The van der Waals surface area contributed by atoms with E-state index in [1.807, 2.05) is 0 Å². The van der Waals surface area contributed by atoms with Gasteiger partial charge in [-0.3, -0.25) is 4.79 Å². The minimum Gasteiger partial charge on any atom is -0.486 e. The molecular formula is C15H11Cl3O2. The number of hydrogen-bond donors (Lipinski definition) is 0. The summed E-state index contributed by atoms with van der Waals surface area (Å²) in [5, 5.41) is 1.48. The second-order valence-electron chi connectivity index (χ2n) is 4.21. The molecule has 2 rings (SSSR count). The zero-order valence-electron chi connectivity index (χ0n) is 10.4. The Bertz CT molecular complexity index is 626. The molecule has 0 unspecified atom stereocenters. The Kier molecular flexibility index (Phi) is 5.30. The van der Waals surface area contributed by atoms with Gasteiger partial charge in [-0.05, 0) is 35.9 Å². The summed E-state index contributed by atoms with van der Waals surface area (Å²) in [6.45, 7) is -0.0133. The monoisotopic (exact) mass is 328 g/mol. The zero-order valence-corrected chi connectivity index (χ0v) is 12.7. The Labute approximate surface area is 132 Å². The first-order valence-electron chi connectivity index (χ1n) is 5.88. The van der Waals surface area contributed by atoms with E-state index in [0.717, 1.165) is 5.56 Å². The Balaban J connectivity index is 1.91. The standard InChI is InChI=1S/C15H11Cl3O2/c16-11-2-1-3-13(8-11)20-9-12(19)6-10-4-5-14(17)15(18)7-10/h1-5,7-8H,6,9H2. The highest BCUT2D eigenvalue weighted by Crippen LogP contribution is 2.23. The summed E-state index contributed by atoms with van der Waals surface area (Å²) >= 11 is 17.5. The third kappa shape index (κ3) is 4.41. The maximum atomic E-state index is 11.8. The largest absolute Gasteiger partial charge is 0.486 e. The summed E-state index contributed by atoms with van der Waals surface area (Å²) in [4.78, 5) is 11.8. The van der Waals surface area contributed by atoms with Gasteiger partial charge < -0.3 is 4.74 Å². The molecule has 2 aromatic carbocycles. The van der Waals surface area contributed by atoms with Crippen LogP contribution in [0.1, 0.15) is 5.56 Å². The topological polar surface area (TPSA) is 26.3 Å². The zero-order chi connectivity index (χ0) is 14.5. The van der Waals surface area contributed by atoms with Crippen LogP contribution in [0.2, 0.25) is 15.1 Å². The van der Waals surface area contributed by atoms with Crippen LogP contribution in [0.3, 0.4) is 0 Å². The average Bonchev–Trinajstić information content (AvgIpc) is 2.41. The highest BCUT2D eigenvalue weighted by Gasteiger charge is 2.07. The molecule has 2 aromatic rings. The predicted octanol–water partition coefficient (Wildman–Crippen LogP) is 4.84. The summed E-state index contributed by atoms with van der Waals surface area (Å²) in [6.07, 6.45) is 0.247. The van der Waals surface area contributed by atoms with Crippen molar-refractivity contribution in [3.8, 4) is 5.75 Å². The van der Waals surface area contributed by atoms with Gasteiger partial charge in [0.05, 0.1) is 10.0 Å². The fraction of sp³-hybridized carbons (Fsp3) is 0.133. The Morgan fingerprint density at radius 2 is 1.80 bits per heavy atom. The summed E-state index contributed by atoms with van der Waals surface area (Å²) in [5.74, 6) is 0.517. The molecule has 0 aromatic heterocycles. The summed E-state index contributed by atoms with van der Waals surface area (Å²) < 4.78 is 5.38. The van der Waals surface area contributed by atoms with E-state index in [1.54, 1.807) is 42.5 Å². The predicted molar refractivity (Wildman–Crippen MR) is 82.1 cm³/mol. The molecule has 0 spiro atoms. The first-order valence-corrected chi connectivity index (χ1v) is 7.02. The highest BCUT2D eigenvalue weighted by molar-refractivity contribution is 6.42. The van der Waals surface area contributed by atoms with Gasteiger partial charge in [-0.1, -0.05) is 46.9 Å². The van der Waals surface area contributed by atoms with Gasteiger partial charge in [0.25, 0.3) is 0 Å². The first kappa shape index (κ1) is 15.2. The number of ketones is 1. The molecule has 0 saturated heterocycles. The summed E-state index contributed by atoms with van der Waals surface area (Å²) in [7, 11) is 0. The Hall–Kier alpha value is -1.22. The quantitative estimate of drug-likeness (QED) is 0.785. The van der Waals surface area contributed by atoms with Crippen LogP contribution in [0.15, 0.2) is 42.5 Å². The number of carbonyl (C=O) groups is 1. The van der Waals surface area contributed by atoms with Gasteiger partial charge in [0.2, 0.25) is 0 Å². The van der Waals surface area contributed by atoms with Crippen molar-refractivity contribution in [3.05, 3.63) is 63.1 Å². The molecule has 0 aliphatic heterocycles. The first-order chi connectivity index (χ1) is 9.54. The van der Waals surface area contributed by atoms with Crippen LogP contribution in [0, 0.1) is 0 Å². The fourth-order valence-electron chi connectivity index (χ4n) is 1.65. The van der Waals surface area contributed by atoms with Crippen molar-refractivity contribution >= 4 is 40.6 Å². The second-order valence-corrected chi connectivity index (χ2v) is 5.46. The van der Waals surface area contributed by atoms with Crippen molar-refractivity contribution in [1.29, 1.82) is 0 Å². The number of ether oxygens (including phenoxy) is 1. The van der Waals surface area contributed by atoms with E-state index in [0.29, 0.717) is 20.8 Å². The van der Waals surface area contributed by atoms with Gasteiger partial charge in [0, 0.05) is 11.4 Å². The van der Waals surface area contributed by atoms with Crippen LogP contribution >= 0.6 is 34.8 Å². The molecule has 0 radical (unpaired) electrons. The molecule has 20 heavy (non-hydrogen) atoms. The van der Waals surface area contributed by atoms with Gasteiger partial charge in [-0.15, -0.1) is 0 Å². The third-order valence-corrected chi connectivity index (χ3v) is 3.56. The Morgan fingerprint density at radius 3 is 2.50 bits per heavy atom. The van der Waals surface area contributed by atoms with Crippen molar-refractivity contribution in [2.45, 2.75) is 6.42 Å². The van der Waals surface area contributed by atoms with E-state index in [1.165, 1.54) is 0 Å². The van der Waals surface area contributed by atoms with E-state index in [9.17, 15) is 4.79 Å². The summed E-state index contributed by atoms with van der Waals surface area (Å²) in [5.41, 5.74) is 0.805. The van der Waals surface area contributed by atoms with Gasteiger partial charge in [0.1, 0.15) is 12.4 Å². The van der Waals surface area contributed by atoms with Crippen molar-refractivity contribution < 1.29 is 9.53 Å².